The van der Waals surface area contributed by atoms with Gasteiger partial charge in [-0.2, -0.15) is 0 Å². The Morgan fingerprint density at radius 3 is 2.62 bits per heavy atom. The Bertz CT molecular complexity index is 999. The number of amidine groups is 1. The van der Waals surface area contributed by atoms with Crippen molar-refractivity contribution in [2.75, 3.05) is 7.11 Å². The number of aryl methyl sites for hydroxylation is 1. The molecule has 2 N–H and O–H groups in total. The SMILES string of the molecule is COc1cccc(/C=C2\SC(=Nc3ccc(C)cc3)NC2=O)c1O[C@@H](C)C(=O)O. The number of amides is 1. The second-order valence-corrected chi connectivity index (χ2v) is 7.32. The number of thioether (sulfide) groups is 1. The van der Waals surface area contributed by atoms with Gasteiger partial charge in [-0.15, -0.1) is 0 Å². The minimum atomic E-state index is -1.10. The summed E-state index contributed by atoms with van der Waals surface area (Å²) in [5.74, 6) is -0.755. The quantitative estimate of drug-likeness (QED) is 0.702. The van der Waals surface area contributed by atoms with Crippen molar-refractivity contribution >= 4 is 40.6 Å². The van der Waals surface area contributed by atoms with Crippen molar-refractivity contribution in [2.45, 2.75) is 20.0 Å². The summed E-state index contributed by atoms with van der Waals surface area (Å²) in [5.41, 5.74) is 2.39. The lowest BCUT2D eigenvalue weighted by molar-refractivity contribution is -0.144. The number of carboxylic acid groups (broad SMARTS) is 1. The zero-order chi connectivity index (χ0) is 21.0. The van der Waals surface area contributed by atoms with E-state index in [4.69, 9.17) is 14.6 Å². The summed E-state index contributed by atoms with van der Waals surface area (Å²) in [4.78, 5) is 28.4. The summed E-state index contributed by atoms with van der Waals surface area (Å²) < 4.78 is 10.9. The minimum Gasteiger partial charge on any atom is -0.493 e. The number of carbonyl (C=O) groups is 2. The fraction of sp³-hybridized carbons (Fsp3) is 0.190. The smallest absolute Gasteiger partial charge is 0.344 e. The van der Waals surface area contributed by atoms with Crippen LogP contribution in [-0.2, 0) is 9.59 Å². The maximum absolute atomic E-state index is 12.4. The number of hydrogen-bond donors (Lipinski definition) is 2. The number of rotatable bonds is 6. The number of nitrogens with zero attached hydrogens (tertiary/aromatic N) is 1. The first kappa shape index (κ1) is 20.5. The van der Waals surface area contributed by atoms with Crippen LogP contribution in [0.5, 0.6) is 11.5 Å². The number of nitrogens with one attached hydrogen (secondary N) is 1. The van der Waals surface area contributed by atoms with Gasteiger partial charge in [0.25, 0.3) is 5.91 Å². The summed E-state index contributed by atoms with van der Waals surface area (Å²) in [6.45, 7) is 3.41. The van der Waals surface area contributed by atoms with Gasteiger partial charge in [-0.25, -0.2) is 9.79 Å². The van der Waals surface area contributed by atoms with Crippen molar-refractivity contribution in [1.29, 1.82) is 0 Å². The summed E-state index contributed by atoms with van der Waals surface area (Å²) in [6, 6.07) is 12.8. The third-order valence-corrected chi connectivity index (χ3v) is 4.98. The van der Waals surface area contributed by atoms with E-state index in [1.165, 1.54) is 25.8 Å². The second-order valence-electron chi connectivity index (χ2n) is 6.29. The summed E-state index contributed by atoms with van der Waals surface area (Å²) in [7, 11) is 1.47. The van der Waals surface area contributed by atoms with E-state index in [0.717, 1.165) is 11.3 Å². The van der Waals surface area contributed by atoms with Crippen LogP contribution in [0.1, 0.15) is 18.1 Å². The van der Waals surface area contributed by atoms with E-state index in [1.807, 2.05) is 31.2 Å². The van der Waals surface area contributed by atoms with Crippen molar-refractivity contribution in [3.05, 3.63) is 58.5 Å². The zero-order valence-electron chi connectivity index (χ0n) is 16.1. The average molecular weight is 412 g/mol. The molecule has 7 nitrogen and oxygen atoms in total. The molecular weight excluding hydrogens is 392 g/mol. The minimum absolute atomic E-state index is 0.259. The van der Waals surface area contributed by atoms with E-state index >= 15 is 0 Å². The maximum atomic E-state index is 12.4. The number of hydrogen-bond acceptors (Lipinski definition) is 6. The van der Waals surface area contributed by atoms with Gasteiger partial charge in [-0.1, -0.05) is 29.8 Å². The van der Waals surface area contributed by atoms with Crippen LogP contribution in [-0.4, -0.2) is 35.4 Å². The van der Waals surface area contributed by atoms with Gasteiger partial charge in [0.05, 0.1) is 17.7 Å². The van der Waals surface area contributed by atoms with Crippen LogP contribution in [0, 0.1) is 6.92 Å². The van der Waals surface area contributed by atoms with E-state index in [1.54, 1.807) is 24.3 Å². The Morgan fingerprint density at radius 1 is 1.24 bits per heavy atom. The standard InChI is InChI=1S/C21H20N2O5S/c1-12-7-9-15(10-8-12)22-21-23-19(24)17(29-21)11-14-5-4-6-16(27-3)18(14)28-13(2)20(25)26/h4-11,13H,1-3H3,(H,25,26)(H,22,23,24)/b17-11-/t13-/m0/s1. The molecule has 0 radical (unpaired) electrons. The lowest BCUT2D eigenvalue weighted by atomic mass is 10.1. The van der Waals surface area contributed by atoms with Crippen LogP contribution in [0.4, 0.5) is 5.69 Å². The fourth-order valence-electron chi connectivity index (χ4n) is 2.52. The average Bonchev–Trinajstić information content (AvgIpc) is 3.03. The highest BCUT2D eigenvalue weighted by atomic mass is 32.2. The van der Waals surface area contributed by atoms with Gasteiger partial charge in [0, 0.05) is 5.56 Å². The molecule has 1 saturated heterocycles. The first-order chi connectivity index (χ1) is 13.9. The molecule has 0 unspecified atom stereocenters. The monoisotopic (exact) mass is 412 g/mol. The topological polar surface area (TPSA) is 97.2 Å². The van der Waals surface area contributed by atoms with E-state index in [9.17, 15) is 9.59 Å². The zero-order valence-corrected chi connectivity index (χ0v) is 16.9. The number of carbonyl (C=O) groups excluding carboxylic acids is 1. The molecule has 1 heterocycles. The molecule has 0 bridgehead atoms. The number of aliphatic imine (C=N–C) groups is 1. The van der Waals surface area contributed by atoms with Crippen LogP contribution in [0.15, 0.2) is 52.4 Å². The molecule has 3 rings (SSSR count). The Labute approximate surface area is 172 Å². The second kappa shape index (κ2) is 8.83. The van der Waals surface area contributed by atoms with Gasteiger partial charge in [-0.3, -0.25) is 4.79 Å². The highest BCUT2D eigenvalue weighted by Crippen LogP contribution is 2.36. The van der Waals surface area contributed by atoms with E-state index in [-0.39, 0.29) is 11.7 Å². The molecule has 1 amide bonds. The Balaban J connectivity index is 1.90. The molecule has 1 fully saturated rings. The predicted octanol–water partition coefficient (Wildman–Crippen LogP) is 3.75. The van der Waals surface area contributed by atoms with Crippen LogP contribution >= 0.6 is 11.8 Å². The summed E-state index contributed by atoms with van der Waals surface area (Å²) >= 11 is 1.20. The Morgan fingerprint density at radius 2 is 1.97 bits per heavy atom. The Hall–Kier alpha value is -3.26. The van der Waals surface area contributed by atoms with Crippen LogP contribution in [0.25, 0.3) is 6.08 Å². The van der Waals surface area contributed by atoms with Gasteiger partial charge < -0.3 is 19.9 Å². The van der Waals surface area contributed by atoms with Crippen molar-refractivity contribution in [2.24, 2.45) is 4.99 Å². The number of aliphatic carboxylic acids is 1. The molecule has 0 spiro atoms. The largest absolute Gasteiger partial charge is 0.493 e. The van der Waals surface area contributed by atoms with Crippen molar-refractivity contribution in [3.8, 4) is 11.5 Å². The molecular formula is C21H20N2O5S. The van der Waals surface area contributed by atoms with E-state index in [2.05, 4.69) is 10.3 Å². The number of para-hydroxylation sites is 1. The predicted molar refractivity (Wildman–Crippen MR) is 113 cm³/mol. The summed E-state index contributed by atoms with van der Waals surface area (Å²) in [5, 5.41) is 12.4. The van der Waals surface area contributed by atoms with Gasteiger partial charge in [-0.05, 0) is 49.9 Å². The lowest BCUT2D eigenvalue weighted by Gasteiger charge is -2.16. The number of methoxy groups -OCH3 is 1. The number of ether oxygens (including phenoxy) is 2. The Kier molecular flexibility index (Phi) is 6.23. The highest BCUT2D eigenvalue weighted by molar-refractivity contribution is 8.18. The number of benzene rings is 2. The van der Waals surface area contributed by atoms with Crippen LogP contribution in [0.3, 0.4) is 0 Å². The van der Waals surface area contributed by atoms with E-state index < -0.39 is 12.1 Å². The molecule has 150 valence electrons. The third-order valence-electron chi connectivity index (χ3n) is 4.07. The molecule has 0 aromatic heterocycles. The first-order valence-electron chi connectivity index (χ1n) is 8.80. The highest BCUT2D eigenvalue weighted by Gasteiger charge is 2.25. The molecule has 1 aliphatic rings. The van der Waals surface area contributed by atoms with Crippen LogP contribution in [0.2, 0.25) is 0 Å². The molecule has 2 aromatic rings. The molecule has 0 saturated carbocycles. The van der Waals surface area contributed by atoms with Gasteiger partial charge in [0.1, 0.15) is 0 Å². The molecule has 2 aromatic carbocycles. The van der Waals surface area contributed by atoms with E-state index in [0.29, 0.717) is 21.4 Å². The number of carboxylic acids is 1. The molecule has 1 aliphatic heterocycles. The molecule has 1 atom stereocenters. The summed E-state index contributed by atoms with van der Waals surface area (Å²) in [6.07, 6.45) is 0.552. The van der Waals surface area contributed by atoms with Crippen molar-refractivity contribution in [1.82, 2.24) is 5.32 Å². The van der Waals surface area contributed by atoms with Crippen LogP contribution < -0.4 is 14.8 Å². The molecule has 8 heteroatoms. The lowest BCUT2D eigenvalue weighted by Crippen LogP contribution is -2.23. The normalized spacial score (nSPS) is 17.3. The molecule has 29 heavy (non-hydrogen) atoms. The molecule has 0 aliphatic carbocycles. The van der Waals surface area contributed by atoms with Gasteiger partial charge in [0.2, 0.25) is 0 Å². The van der Waals surface area contributed by atoms with Crippen molar-refractivity contribution < 1.29 is 24.2 Å². The van der Waals surface area contributed by atoms with Crippen molar-refractivity contribution in [3.63, 3.8) is 0 Å². The maximum Gasteiger partial charge on any atom is 0.344 e. The first-order valence-corrected chi connectivity index (χ1v) is 9.61. The van der Waals surface area contributed by atoms with Gasteiger partial charge in [0.15, 0.2) is 22.8 Å². The fourth-order valence-corrected chi connectivity index (χ4v) is 3.35. The van der Waals surface area contributed by atoms with Gasteiger partial charge >= 0.3 is 5.97 Å². The third kappa shape index (κ3) is 4.97.